The van der Waals surface area contributed by atoms with Crippen molar-refractivity contribution >= 4 is 22.5 Å². The van der Waals surface area contributed by atoms with Gasteiger partial charge in [0.2, 0.25) is 5.91 Å². The number of nitrogens with one attached hydrogen (secondary N) is 1. The van der Waals surface area contributed by atoms with E-state index < -0.39 is 0 Å². The molecule has 4 rings (SSSR count). The van der Waals surface area contributed by atoms with Crippen molar-refractivity contribution in [3.05, 3.63) is 30.2 Å². The van der Waals surface area contributed by atoms with Crippen LogP contribution in [0.1, 0.15) is 31.9 Å². The quantitative estimate of drug-likeness (QED) is 0.882. The van der Waals surface area contributed by atoms with Crippen LogP contribution in [0.4, 0.5) is 5.69 Å². The van der Waals surface area contributed by atoms with Crippen LogP contribution in [0, 0.1) is 18.8 Å². The fraction of sp³-hybridized carbons (Fsp3) is 0.591. The van der Waals surface area contributed by atoms with Crippen LogP contribution in [-0.4, -0.2) is 60.0 Å². The Morgan fingerprint density at radius 2 is 2.14 bits per heavy atom. The lowest BCUT2D eigenvalue weighted by molar-refractivity contribution is -0.122. The van der Waals surface area contributed by atoms with Gasteiger partial charge >= 0.3 is 0 Å². The van der Waals surface area contributed by atoms with E-state index in [1.54, 1.807) is 0 Å². The van der Waals surface area contributed by atoms with E-state index in [4.69, 9.17) is 0 Å². The van der Waals surface area contributed by atoms with E-state index in [1.807, 2.05) is 25.4 Å². The highest BCUT2D eigenvalue weighted by molar-refractivity contribution is 5.92. The average molecular weight is 382 g/mol. The van der Waals surface area contributed by atoms with E-state index in [0.717, 1.165) is 61.3 Å². The SMILES string of the molecule is Cc1ncc(N2CC(C)CC(NC(=O)CC3CCN(C)C3)C2)c2cccnc12. The molecule has 2 aromatic rings. The molecular weight excluding hydrogens is 350 g/mol. The van der Waals surface area contributed by atoms with Gasteiger partial charge in [-0.25, -0.2) is 0 Å². The van der Waals surface area contributed by atoms with E-state index >= 15 is 0 Å². The molecule has 6 nitrogen and oxygen atoms in total. The number of carbonyl (C=O) groups is 1. The standard InChI is InChI=1S/C22H31N5O/c1-15-9-18(25-21(28)10-17-6-8-26(3)13-17)14-27(12-15)20-11-24-16(2)22-19(20)5-4-7-23-22/h4-5,7,11,15,17-18H,6,8-10,12-14H2,1-3H3,(H,25,28). The average Bonchev–Trinajstić information content (AvgIpc) is 3.06. The lowest BCUT2D eigenvalue weighted by Crippen LogP contribution is -2.50. The molecule has 2 aliphatic heterocycles. The van der Waals surface area contributed by atoms with Crippen LogP contribution in [0.2, 0.25) is 0 Å². The van der Waals surface area contributed by atoms with Crippen molar-refractivity contribution in [3.8, 4) is 0 Å². The highest BCUT2D eigenvalue weighted by Crippen LogP contribution is 2.30. The molecule has 2 aromatic heterocycles. The number of hydrogen-bond acceptors (Lipinski definition) is 5. The number of fused-ring (bicyclic) bond motifs is 1. The maximum Gasteiger partial charge on any atom is 0.220 e. The number of carbonyl (C=O) groups excluding carboxylic acids is 1. The summed E-state index contributed by atoms with van der Waals surface area (Å²) in [7, 11) is 2.13. The molecule has 2 aliphatic rings. The molecule has 0 bridgehead atoms. The van der Waals surface area contributed by atoms with Crippen molar-refractivity contribution < 1.29 is 4.79 Å². The zero-order valence-electron chi connectivity index (χ0n) is 17.2. The summed E-state index contributed by atoms with van der Waals surface area (Å²) in [5.74, 6) is 1.22. The summed E-state index contributed by atoms with van der Waals surface area (Å²) in [5, 5.41) is 4.46. The number of amides is 1. The van der Waals surface area contributed by atoms with Gasteiger partial charge in [0.05, 0.1) is 23.1 Å². The second kappa shape index (κ2) is 8.03. The van der Waals surface area contributed by atoms with Crippen LogP contribution in [0.5, 0.6) is 0 Å². The molecule has 3 atom stereocenters. The Balaban J connectivity index is 1.47. The van der Waals surface area contributed by atoms with Crippen molar-refractivity contribution in [2.24, 2.45) is 11.8 Å². The van der Waals surface area contributed by atoms with Crippen molar-refractivity contribution in [1.29, 1.82) is 0 Å². The molecule has 4 heterocycles. The zero-order chi connectivity index (χ0) is 19.7. The monoisotopic (exact) mass is 381 g/mol. The fourth-order valence-electron chi connectivity index (χ4n) is 4.84. The Kier molecular flexibility index (Phi) is 5.49. The van der Waals surface area contributed by atoms with Crippen molar-refractivity contribution in [2.75, 3.05) is 38.1 Å². The van der Waals surface area contributed by atoms with E-state index in [1.165, 1.54) is 0 Å². The van der Waals surface area contributed by atoms with Gasteiger partial charge in [-0.2, -0.15) is 0 Å². The van der Waals surface area contributed by atoms with Gasteiger partial charge in [0.1, 0.15) is 0 Å². The first-order valence-electron chi connectivity index (χ1n) is 10.4. The number of piperidine rings is 1. The van der Waals surface area contributed by atoms with Gasteiger partial charge in [-0.15, -0.1) is 0 Å². The summed E-state index contributed by atoms with van der Waals surface area (Å²) in [5.41, 5.74) is 3.04. The Hall–Kier alpha value is -2.21. The third-order valence-electron chi connectivity index (χ3n) is 6.14. The van der Waals surface area contributed by atoms with Crippen LogP contribution in [-0.2, 0) is 4.79 Å². The fourth-order valence-corrected chi connectivity index (χ4v) is 4.84. The minimum absolute atomic E-state index is 0.184. The van der Waals surface area contributed by atoms with Gasteiger partial charge in [-0.3, -0.25) is 14.8 Å². The number of pyridine rings is 2. The number of aryl methyl sites for hydroxylation is 1. The van der Waals surface area contributed by atoms with E-state index in [-0.39, 0.29) is 11.9 Å². The molecular formula is C22H31N5O. The maximum atomic E-state index is 12.6. The zero-order valence-corrected chi connectivity index (χ0v) is 17.2. The molecule has 0 aromatic carbocycles. The smallest absolute Gasteiger partial charge is 0.220 e. The van der Waals surface area contributed by atoms with Crippen molar-refractivity contribution in [3.63, 3.8) is 0 Å². The Morgan fingerprint density at radius 3 is 2.93 bits per heavy atom. The van der Waals surface area contributed by atoms with E-state index in [9.17, 15) is 4.79 Å². The normalized spacial score (nSPS) is 26.0. The highest BCUT2D eigenvalue weighted by atomic mass is 16.1. The number of nitrogens with zero attached hydrogens (tertiary/aromatic N) is 4. The molecule has 1 amide bonds. The van der Waals surface area contributed by atoms with Crippen molar-refractivity contribution in [1.82, 2.24) is 20.2 Å². The molecule has 1 N–H and O–H groups in total. The third-order valence-corrected chi connectivity index (χ3v) is 6.14. The summed E-state index contributed by atoms with van der Waals surface area (Å²) in [6, 6.07) is 4.29. The van der Waals surface area contributed by atoms with Gasteiger partial charge in [0.25, 0.3) is 0 Å². The highest BCUT2D eigenvalue weighted by Gasteiger charge is 2.29. The summed E-state index contributed by atoms with van der Waals surface area (Å²) in [4.78, 5) is 26.4. The third kappa shape index (κ3) is 4.12. The number of likely N-dealkylation sites (tertiary alicyclic amines) is 1. The van der Waals surface area contributed by atoms with Crippen LogP contribution < -0.4 is 10.2 Å². The molecule has 6 heteroatoms. The number of aromatic nitrogens is 2. The van der Waals surface area contributed by atoms with Crippen LogP contribution in [0.15, 0.2) is 24.5 Å². The minimum Gasteiger partial charge on any atom is -0.367 e. The predicted octanol–water partition coefficient (Wildman–Crippen LogP) is 2.61. The molecule has 0 radical (unpaired) electrons. The summed E-state index contributed by atoms with van der Waals surface area (Å²) in [6.45, 7) is 8.22. The summed E-state index contributed by atoms with van der Waals surface area (Å²) in [6.07, 6.45) is 6.59. The van der Waals surface area contributed by atoms with Gasteiger partial charge in [0.15, 0.2) is 0 Å². The topological polar surface area (TPSA) is 61.4 Å². The van der Waals surface area contributed by atoms with Gasteiger partial charge in [-0.05, 0) is 57.3 Å². The summed E-state index contributed by atoms with van der Waals surface area (Å²) >= 11 is 0. The van der Waals surface area contributed by atoms with Crippen molar-refractivity contribution in [2.45, 2.75) is 39.2 Å². The Bertz CT molecular complexity index is 854. The number of anilines is 1. The lowest BCUT2D eigenvalue weighted by Gasteiger charge is -2.38. The maximum absolute atomic E-state index is 12.6. The van der Waals surface area contributed by atoms with Crippen LogP contribution in [0.25, 0.3) is 10.9 Å². The number of rotatable bonds is 4. The molecule has 28 heavy (non-hydrogen) atoms. The predicted molar refractivity (Wildman–Crippen MR) is 112 cm³/mol. The molecule has 150 valence electrons. The first-order chi connectivity index (χ1) is 13.5. The van der Waals surface area contributed by atoms with Gasteiger partial charge in [0, 0.05) is 43.7 Å². The first kappa shape index (κ1) is 19.1. The molecule has 2 saturated heterocycles. The second-order valence-electron chi connectivity index (χ2n) is 8.76. The van der Waals surface area contributed by atoms with Crippen LogP contribution >= 0.6 is 0 Å². The minimum atomic E-state index is 0.184. The number of hydrogen-bond donors (Lipinski definition) is 1. The Morgan fingerprint density at radius 1 is 1.29 bits per heavy atom. The molecule has 0 aliphatic carbocycles. The largest absolute Gasteiger partial charge is 0.367 e. The first-order valence-corrected chi connectivity index (χ1v) is 10.4. The Labute approximate surface area is 167 Å². The van der Waals surface area contributed by atoms with Crippen LogP contribution in [0.3, 0.4) is 0 Å². The molecule has 3 unspecified atom stereocenters. The lowest BCUT2D eigenvalue weighted by atomic mass is 9.94. The summed E-state index contributed by atoms with van der Waals surface area (Å²) < 4.78 is 0. The van der Waals surface area contributed by atoms with E-state index in [2.05, 4.69) is 45.1 Å². The van der Waals surface area contributed by atoms with Gasteiger partial charge < -0.3 is 15.1 Å². The second-order valence-corrected chi connectivity index (χ2v) is 8.76. The molecule has 2 fully saturated rings. The molecule has 0 saturated carbocycles. The molecule has 0 spiro atoms. The van der Waals surface area contributed by atoms with Gasteiger partial charge in [-0.1, -0.05) is 6.92 Å². The van der Waals surface area contributed by atoms with E-state index in [0.29, 0.717) is 18.3 Å².